The van der Waals surface area contributed by atoms with Crippen LogP contribution in [0.1, 0.15) is 41.5 Å². The fourth-order valence-electron chi connectivity index (χ4n) is 3.31. The minimum absolute atomic E-state index is 0.0353. The first-order valence-electron chi connectivity index (χ1n) is 8.37. The molecule has 0 fully saturated rings. The van der Waals surface area contributed by atoms with E-state index >= 15 is 0 Å². The Balaban J connectivity index is 1.96. The van der Waals surface area contributed by atoms with Crippen molar-refractivity contribution in [2.24, 2.45) is 0 Å². The Hall–Kier alpha value is -1.77. The van der Waals surface area contributed by atoms with Crippen molar-refractivity contribution in [1.82, 2.24) is 0 Å². The van der Waals surface area contributed by atoms with Gasteiger partial charge in [0.2, 0.25) is 0 Å². The zero-order valence-corrected chi connectivity index (χ0v) is 15.5. The Bertz CT molecular complexity index is 855. The van der Waals surface area contributed by atoms with Gasteiger partial charge in [0.15, 0.2) is 0 Å². The monoisotopic (exact) mass is 375 g/mol. The smallest absolute Gasteiger partial charge is 0.127 e. The van der Waals surface area contributed by atoms with E-state index in [0.717, 1.165) is 29.5 Å². The van der Waals surface area contributed by atoms with Crippen LogP contribution in [0.5, 0.6) is 0 Å². The third kappa shape index (κ3) is 3.91. The molecule has 1 unspecified atom stereocenters. The van der Waals surface area contributed by atoms with Crippen molar-refractivity contribution in [2.45, 2.75) is 32.1 Å². The molecule has 0 aliphatic heterocycles. The summed E-state index contributed by atoms with van der Waals surface area (Å²) in [7, 11) is 0. The van der Waals surface area contributed by atoms with Crippen LogP contribution in [0.4, 0.5) is 10.1 Å². The molecule has 0 radical (unpaired) electrons. The Morgan fingerprint density at radius 2 is 1.92 bits per heavy atom. The molecule has 1 nitrogen and oxygen atoms in total. The van der Waals surface area contributed by atoms with Crippen LogP contribution in [0.3, 0.4) is 0 Å². The highest BCUT2D eigenvalue weighted by molar-refractivity contribution is 6.35. The second-order valence-electron chi connectivity index (χ2n) is 6.28. The molecule has 130 valence electrons. The Morgan fingerprint density at radius 3 is 2.60 bits per heavy atom. The van der Waals surface area contributed by atoms with Crippen LogP contribution in [0.2, 0.25) is 10.0 Å². The Morgan fingerprint density at radius 1 is 1.12 bits per heavy atom. The van der Waals surface area contributed by atoms with Gasteiger partial charge in [-0.1, -0.05) is 54.4 Å². The fraction of sp³-hybridized carbons (Fsp3) is 0.238. The van der Waals surface area contributed by atoms with Crippen molar-refractivity contribution in [3.8, 4) is 0 Å². The largest absolute Gasteiger partial charge is 0.398 e. The molecule has 3 rings (SSSR count). The third-order valence-corrected chi connectivity index (χ3v) is 5.18. The lowest BCUT2D eigenvalue weighted by atomic mass is 9.89. The predicted octanol–water partition coefficient (Wildman–Crippen LogP) is 6.47. The average molecular weight is 376 g/mol. The maximum atomic E-state index is 14.7. The van der Waals surface area contributed by atoms with Gasteiger partial charge in [0.05, 0.1) is 0 Å². The lowest BCUT2D eigenvalue weighted by Gasteiger charge is -2.18. The van der Waals surface area contributed by atoms with Crippen molar-refractivity contribution >= 4 is 28.9 Å². The van der Waals surface area contributed by atoms with Gasteiger partial charge >= 0.3 is 0 Å². The molecular weight excluding hydrogens is 356 g/mol. The number of benzene rings is 2. The minimum Gasteiger partial charge on any atom is -0.398 e. The average Bonchev–Trinajstić information content (AvgIpc) is 2.58. The lowest BCUT2D eigenvalue weighted by Crippen LogP contribution is -2.05. The molecule has 2 aromatic carbocycles. The van der Waals surface area contributed by atoms with Crippen molar-refractivity contribution in [3.63, 3.8) is 0 Å². The van der Waals surface area contributed by atoms with E-state index in [9.17, 15) is 4.39 Å². The van der Waals surface area contributed by atoms with E-state index < -0.39 is 0 Å². The first kappa shape index (κ1) is 18.0. The highest BCUT2D eigenvalue weighted by Crippen LogP contribution is 2.33. The summed E-state index contributed by atoms with van der Waals surface area (Å²) in [4.78, 5) is 0. The van der Waals surface area contributed by atoms with E-state index in [1.807, 2.05) is 37.3 Å². The molecule has 0 saturated carbocycles. The van der Waals surface area contributed by atoms with Crippen molar-refractivity contribution < 1.29 is 4.39 Å². The van der Waals surface area contributed by atoms with E-state index in [1.165, 1.54) is 0 Å². The molecule has 0 saturated heterocycles. The van der Waals surface area contributed by atoms with Gasteiger partial charge in [0.1, 0.15) is 5.82 Å². The normalized spacial score (nSPS) is 16.4. The lowest BCUT2D eigenvalue weighted by molar-refractivity contribution is 0.598. The summed E-state index contributed by atoms with van der Waals surface area (Å²) < 4.78 is 14.7. The van der Waals surface area contributed by atoms with Crippen molar-refractivity contribution in [2.75, 3.05) is 5.73 Å². The van der Waals surface area contributed by atoms with Gasteiger partial charge in [0, 0.05) is 21.7 Å². The van der Waals surface area contributed by atoms with Crippen LogP contribution in [-0.4, -0.2) is 0 Å². The van der Waals surface area contributed by atoms with Crippen LogP contribution in [0, 0.1) is 5.82 Å². The quantitative estimate of drug-likeness (QED) is 0.608. The third-order valence-electron chi connectivity index (χ3n) is 4.63. The second kappa shape index (κ2) is 7.63. The van der Waals surface area contributed by atoms with Crippen LogP contribution in [-0.2, 0) is 12.8 Å². The maximum absolute atomic E-state index is 14.7. The summed E-state index contributed by atoms with van der Waals surface area (Å²) >= 11 is 12.4. The maximum Gasteiger partial charge on any atom is 0.127 e. The Kier molecular flexibility index (Phi) is 5.51. The van der Waals surface area contributed by atoms with Crippen molar-refractivity contribution in [1.29, 1.82) is 0 Å². The number of hydrogen-bond acceptors (Lipinski definition) is 1. The molecule has 0 bridgehead atoms. The summed E-state index contributed by atoms with van der Waals surface area (Å²) in [6.45, 7) is 2.04. The number of anilines is 1. The fourth-order valence-corrected chi connectivity index (χ4v) is 3.98. The predicted molar refractivity (Wildman–Crippen MR) is 105 cm³/mol. The first-order valence-corrected chi connectivity index (χ1v) is 9.13. The molecule has 2 N–H and O–H groups in total. The van der Waals surface area contributed by atoms with E-state index in [2.05, 4.69) is 0 Å². The molecule has 4 heteroatoms. The van der Waals surface area contributed by atoms with E-state index in [4.69, 9.17) is 28.9 Å². The molecule has 0 heterocycles. The molecule has 2 aromatic rings. The number of nitrogen functional groups attached to an aromatic ring is 1. The number of hydrogen-bond donors (Lipinski definition) is 1. The Labute approximate surface area is 157 Å². The van der Waals surface area contributed by atoms with E-state index in [-0.39, 0.29) is 11.7 Å². The van der Waals surface area contributed by atoms with Crippen LogP contribution < -0.4 is 5.73 Å². The second-order valence-corrected chi connectivity index (χ2v) is 7.13. The molecule has 0 amide bonds. The standard InChI is InChI=1S/C21H20Cl2FN/c1-2-17-14(9-16(22)11-19(17)23)8-15-10-20(24)18(12-21(15)25)13-6-4-3-5-7-13/h3-6,9-13H,2,7-8,25H2,1H3. The summed E-state index contributed by atoms with van der Waals surface area (Å²) in [6.07, 6.45) is 10.0. The van der Waals surface area contributed by atoms with Gasteiger partial charge in [-0.05, 0) is 65.8 Å². The van der Waals surface area contributed by atoms with Gasteiger partial charge in [-0.15, -0.1) is 0 Å². The number of halogens is 3. The van der Waals surface area contributed by atoms with Gasteiger partial charge in [-0.2, -0.15) is 0 Å². The SMILES string of the molecule is CCc1c(Cl)cc(Cl)cc1Cc1cc(F)c(C2C=CC=CC2)cc1N. The highest BCUT2D eigenvalue weighted by atomic mass is 35.5. The summed E-state index contributed by atoms with van der Waals surface area (Å²) in [5, 5.41) is 1.21. The molecule has 1 aliphatic carbocycles. The van der Waals surface area contributed by atoms with Crippen LogP contribution >= 0.6 is 23.2 Å². The number of rotatable bonds is 4. The molecule has 25 heavy (non-hydrogen) atoms. The van der Waals surface area contributed by atoms with Gasteiger partial charge in [-0.3, -0.25) is 0 Å². The van der Waals surface area contributed by atoms with E-state index in [1.54, 1.807) is 18.2 Å². The van der Waals surface area contributed by atoms with Crippen LogP contribution in [0.15, 0.2) is 48.6 Å². The summed E-state index contributed by atoms with van der Waals surface area (Å²) in [6, 6.07) is 6.93. The highest BCUT2D eigenvalue weighted by Gasteiger charge is 2.17. The zero-order valence-electron chi connectivity index (χ0n) is 14.0. The molecule has 0 spiro atoms. The minimum atomic E-state index is -0.222. The molecular formula is C21H20Cl2FN. The van der Waals surface area contributed by atoms with Crippen molar-refractivity contribution in [3.05, 3.63) is 86.7 Å². The summed E-state index contributed by atoms with van der Waals surface area (Å²) in [5.41, 5.74) is 10.2. The van der Waals surface area contributed by atoms with Gasteiger partial charge in [-0.25, -0.2) is 4.39 Å². The van der Waals surface area contributed by atoms with Gasteiger partial charge in [0.25, 0.3) is 0 Å². The topological polar surface area (TPSA) is 26.0 Å². The molecule has 0 aromatic heterocycles. The first-order chi connectivity index (χ1) is 12.0. The number of allylic oxidation sites excluding steroid dienone is 4. The van der Waals surface area contributed by atoms with Gasteiger partial charge < -0.3 is 5.73 Å². The molecule has 1 atom stereocenters. The molecule has 1 aliphatic rings. The number of nitrogens with two attached hydrogens (primary N) is 1. The van der Waals surface area contributed by atoms with Crippen LogP contribution in [0.25, 0.3) is 0 Å². The zero-order chi connectivity index (χ0) is 18.0. The summed E-state index contributed by atoms with van der Waals surface area (Å²) in [5.74, 6) is -0.187. The van der Waals surface area contributed by atoms with E-state index in [0.29, 0.717) is 27.7 Å².